The number of carbonyl (C=O) groups excluding carboxylic acids is 1. The number of hydrogen-bond donors (Lipinski definition) is 1. The van der Waals surface area contributed by atoms with Gasteiger partial charge >= 0.3 is 17.8 Å². The Morgan fingerprint density at radius 2 is 2.09 bits per heavy atom. The van der Waals surface area contributed by atoms with E-state index in [1.54, 1.807) is 0 Å². The first-order valence-electron chi connectivity index (χ1n) is 10.6. The normalized spacial score (nSPS) is 20.2. The fourth-order valence-corrected chi connectivity index (χ4v) is 3.43. The number of nitrogens with zero attached hydrogens (tertiary/aromatic N) is 2. The zero-order valence-electron chi connectivity index (χ0n) is 18.2. The summed E-state index contributed by atoms with van der Waals surface area (Å²) < 4.78 is 57.0. The van der Waals surface area contributed by atoms with Gasteiger partial charge in [-0.25, -0.2) is 4.79 Å². The average Bonchev–Trinajstić information content (AvgIpc) is 3.45. The van der Waals surface area contributed by atoms with Gasteiger partial charge in [-0.15, -0.1) is 5.92 Å². The maximum Gasteiger partial charge on any atom is 0.423 e. The van der Waals surface area contributed by atoms with Crippen LogP contribution in [0.3, 0.4) is 0 Å². The summed E-state index contributed by atoms with van der Waals surface area (Å²) in [6.07, 6.45) is -4.36. The van der Waals surface area contributed by atoms with Crippen LogP contribution in [0.5, 0.6) is 0 Å². The number of unbranched alkanes of at least 4 members (excludes halogenated alkanes) is 2. The molecule has 0 aromatic carbocycles. The molecule has 0 amide bonds. The van der Waals surface area contributed by atoms with Crippen LogP contribution in [0.25, 0.3) is 0 Å². The fraction of sp³-hybridized carbons (Fsp3) is 0.500. The molecule has 3 atom stereocenters. The minimum absolute atomic E-state index is 0.000137. The second kappa shape index (κ2) is 10.9. The number of halogens is 3. The van der Waals surface area contributed by atoms with E-state index in [1.165, 1.54) is 6.07 Å². The molecule has 0 unspecified atom stereocenters. The van der Waals surface area contributed by atoms with Gasteiger partial charge in [-0.2, -0.15) is 17.7 Å². The summed E-state index contributed by atoms with van der Waals surface area (Å²) in [5.41, 5.74) is -4.91. The maximum absolute atomic E-state index is 13.6. The monoisotopic (exact) mass is 484 g/mol. The van der Waals surface area contributed by atoms with Crippen molar-refractivity contribution in [3.63, 3.8) is 0 Å². The molecular formula is C22H23F3N2O7. The van der Waals surface area contributed by atoms with Crippen LogP contribution in [0.4, 0.5) is 13.2 Å². The van der Waals surface area contributed by atoms with E-state index in [0.29, 0.717) is 17.2 Å². The number of aromatic nitrogens is 2. The highest BCUT2D eigenvalue weighted by Crippen LogP contribution is 2.31. The third-order valence-corrected chi connectivity index (χ3v) is 5.17. The molecule has 12 heteroatoms. The molecule has 1 aliphatic heterocycles. The summed E-state index contributed by atoms with van der Waals surface area (Å²) in [6, 6.07) is 2.39. The lowest BCUT2D eigenvalue weighted by atomic mass is 10.2. The van der Waals surface area contributed by atoms with Crippen molar-refractivity contribution >= 4 is 5.91 Å². The van der Waals surface area contributed by atoms with Crippen molar-refractivity contribution in [3.05, 3.63) is 56.8 Å². The van der Waals surface area contributed by atoms with Crippen LogP contribution in [0.15, 0.2) is 38.6 Å². The van der Waals surface area contributed by atoms with Crippen LogP contribution in [0.2, 0.25) is 0 Å². The second-order valence-electron chi connectivity index (χ2n) is 7.51. The SMILES string of the molecule is CCCCC#CCO[C@H]1C[C@H](n2cc(C(F)(F)F)c(=O)n(C(=O)c3ccco3)c2=O)O[C@@H]1CO. The maximum atomic E-state index is 13.6. The lowest BCUT2D eigenvalue weighted by Crippen LogP contribution is -2.47. The van der Waals surface area contributed by atoms with E-state index >= 15 is 0 Å². The largest absolute Gasteiger partial charge is 0.459 e. The number of rotatable bonds is 7. The number of aliphatic hydroxyl groups excluding tert-OH is 1. The quantitative estimate of drug-likeness (QED) is 0.473. The average molecular weight is 484 g/mol. The third kappa shape index (κ3) is 5.49. The van der Waals surface area contributed by atoms with Gasteiger partial charge < -0.3 is 19.0 Å². The van der Waals surface area contributed by atoms with Gasteiger partial charge in [-0.3, -0.25) is 14.2 Å². The Kier molecular flexibility index (Phi) is 8.14. The Balaban J connectivity index is 1.95. The van der Waals surface area contributed by atoms with E-state index < -0.39 is 59.7 Å². The Hall–Kier alpha value is -3.14. The van der Waals surface area contributed by atoms with Crippen molar-refractivity contribution in [1.29, 1.82) is 0 Å². The minimum atomic E-state index is -5.16. The molecule has 3 rings (SSSR count). The molecule has 9 nitrogen and oxygen atoms in total. The first kappa shape index (κ1) is 25.5. The zero-order valence-corrected chi connectivity index (χ0v) is 18.2. The van der Waals surface area contributed by atoms with Gasteiger partial charge in [0.15, 0.2) is 5.76 Å². The molecule has 1 aliphatic rings. The van der Waals surface area contributed by atoms with Crippen molar-refractivity contribution in [1.82, 2.24) is 9.13 Å². The van der Waals surface area contributed by atoms with Gasteiger partial charge in [-0.1, -0.05) is 19.3 Å². The second-order valence-corrected chi connectivity index (χ2v) is 7.51. The van der Waals surface area contributed by atoms with Crippen molar-refractivity contribution in [2.45, 2.75) is 57.2 Å². The summed E-state index contributed by atoms with van der Waals surface area (Å²) in [5.74, 6) is 3.88. The van der Waals surface area contributed by atoms with Gasteiger partial charge in [0, 0.05) is 19.0 Å². The molecule has 1 fully saturated rings. The first-order valence-corrected chi connectivity index (χ1v) is 10.6. The predicted molar refractivity (Wildman–Crippen MR) is 111 cm³/mol. The number of aliphatic hydroxyl groups is 1. The summed E-state index contributed by atoms with van der Waals surface area (Å²) in [5, 5.41) is 9.61. The van der Waals surface area contributed by atoms with Crippen molar-refractivity contribution in [2.24, 2.45) is 0 Å². The Labute approximate surface area is 191 Å². The third-order valence-electron chi connectivity index (χ3n) is 5.17. The van der Waals surface area contributed by atoms with Gasteiger partial charge in [-0.05, 0) is 18.6 Å². The lowest BCUT2D eigenvalue weighted by molar-refractivity contribution is -0.139. The fourth-order valence-electron chi connectivity index (χ4n) is 3.43. The standard InChI is InChI=1S/C22H23F3N2O7/c1-2-3-4-5-6-9-33-16-11-18(34-17(16)13-28)26-12-14(22(23,24)25)19(29)27(21(26)31)20(30)15-8-7-10-32-15/h7-8,10,12,16-18,28H,2-4,9,11,13H2,1H3/t16-,17+,18+/m0/s1. The van der Waals surface area contributed by atoms with Crippen molar-refractivity contribution in [2.75, 3.05) is 13.2 Å². The zero-order chi connectivity index (χ0) is 24.9. The molecule has 34 heavy (non-hydrogen) atoms. The van der Waals surface area contributed by atoms with Crippen molar-refractivity contribution < 1.29 is 37.0 Å². The smallest absolute Gasteiger partial charge is 0.423 e. The van der Waals surface area contributed by atoms with Crippen LogP contribution >= 0.6 is 0 Å². The van der Waals surface area contributed by atoms with E-state index in [4.69, 9.17) is 13.9 Å². The van der Waals surface area contributed by atoms with Gasteiger partial charge in [0.2, 0.25) is 0 Å². The molecule has 184 valence electrons. The van der Waals surface area contributed by atoms with Gasteiger partial charge in [0.05, 0.1) is 19.0 Å². The highest BCUT2D eigenvalue weighted by atomic mass is 19.4. The van der Waals surface area contributed by atoms with E-state index in [2.05, 4.69) is 11.8 Å². The number of alkyl halides is 3. The van der Waals surface area contributed by atoms with Gasteiger partial charge in [0.1, 0.15) is 24.5 Å². The minimum Gasteiger partial charge on any atom is -0.459 e. The van der Waals surface area contributed by atoms with E-state index in [0.717, 1.165) is 25.2 Å². The molecule has 2 aromatic rings. The summed E-state index contributed by atoms with van der Waals surface area (Å²) in [4.78, 5) is 38.0. The van der Waals surface area contributed by atoms with Crippen LogP contribution in [-0.4, -0.2) is 45.6 Å². The summed E-state index contributed by atoms with van der Waals surface area (Å²) in [7, 11) is 0. The molecule has 1 N–H and O–H groups in total. The van der Waals surface area contributed by atoms with Crippen LogP contribution < -0.4 is 11.2 Å². The van der Waals surface area contributed by atoms with E-state index in [1.807, 2.05) is 6.92 Å². The molecular weight excluding hydrogens is 461 g/mol. The molecule has 1 saturated heterocycles. The number of hydrogen-bond acceptors (Lipinski definition) is 7. The van der Waals surface area contributed by atoms with Crippen molar-refractivity contribution in [3.8, 4) is 11.8 Å². The Morgan fingerprint density at radius 1 is 1.32 bits per heavy atom. The molecule has 0 spiro atoms. The molecule has 0 aliphatic carbocycles. The highest BCUT2D eigenvalue weighted by molar-refractivity contribution is 5.93. The summed E-state index contributed by atoms with van der Waals surface area (Å²) >= 11 is 0. The van der Waals surface area contributed by atoms with E-state index in [9.17, 15) is 32.7 Å². The van der Waals surface area contributed by atoms with Crippen LogP contribution in [0, 0.1) is 11.8 Å². The number of ether oxygens (including phenoxy) is 2. The predicted octanol–water partition coefficient (Wildman–Crippen LogP) is 2.17. The first-order chi connectivity index (χ1) is 16.2. The van der Waals surface area contributed by atoms with E-state index in [-0.39, 0.29) is 17.6 Å². The van der Waals surface area contributed by atoms with Crippen LogP contribution in [0.1, 0.15) is 55.0 Å². The molecule has 3 heterocycles. The highest BCUT2D eigenvalue weighted by Gasteiger charge is 2.41. The van der Waals surface area contributed by atoms with Gasteiger partial charge in [0.25, 0.3) is 5.56 Å². The number of carbonyl (C=O) groups is 1. The summed E-state index contributed by atoms with van der Waals surface area (Å²) in [6.45, 7) is 1.49. The molecule has 0 radical (unpaired) electrons. The van der Waals surface area contributed by atoms with Crippen LogP contribution in [-0.2, 0) is 15.7 Å². The lowest BCUT2D eigenvalue weighted by Gasteiger charge is -2.18. The Morgan fingerprint density at radius 3 is 2.71 bits per heavy atom. The molecule has 0 saturated carbocycles. The molecule has 0 bridgehead atoms. The molecule has 2 aromatic heterocycles. The number of furan rings is 1. The Bertz CT molecular complexity index is 1170. The topological polar surface area (TPSA) is 113 Å².